The molecule has 0 radical (unpaired) electrons. The zero-order valence-electron chi connectivity index (χ0n) is 12.1. The Morgan fingerprint density at radius 3 is 1.81 bits per heavy atom. The Labute approximate surface area is 101 Å². The molecule has 0 aromatic rings. The third-order valence-electron chi connectivity index (χ3n) is 3.03. The highest BCUT2D eigenvalue weighted by Crippen LogP contribution is 2.30. The molecule has 0 fully saturated rings. The molecule has 0 aliphatic heterocycles. The minimum Gasteiger partial charge on any atom is -0.343 e. The van der Waals surface area contributed by atoms with Gasteiger partial charge in [0.1, 0.15) is 0 Å². The quantitative estimate of drug-likeness (QED) is 0.703. The van der Waals surface area contributed by atoms with Crippen molar-refractivity contribution in [3.8, 4) is 0 Å². The zero-order chi connectivity index (χ0) is 12.9. The van der Waals surface area contributed by atoms with Gasteiger partial charge in [0.15, 0.2) is 0 Å². The fourth-order valence-corrected chi connectivity index (χ4v) is 2.04. The van der Waals surface area contributed by atoms with Crippen LogP contribution in [0.2, 0.25) is 0 Å². The van der Waals surface area contributed by atoms with Crippen LogP contribution in [0.3, 0.4) is 0 Å². The lowest BCUT2D eigenvalue weighted by Crippen LogP contribution is -2.39. The van der Waals surface area contributed by atoms with Crippen LogP contribution in [0.1, 0.15) is 54.9 Å². The molecule has 0 aromatic carbocycles. The Hall–Kier alpha value is -0.530. The predicted molar refractivity (Wildman–Crippen MR) is 70.3 cm³/mol. The minimum absolute atomic E-state index is 0.167. The third-order valence-corrected chi connectivity index (χ3v) is 3.03. The largest absolute Gasteiger partial charge is 0.343 e. The standard InChI is InChI=1S/C14H29NO/c1-8-15(9-2)13(16)12(11(3)4)10-14(5,6)7/h11-12H,8-10H2,1-7H3. The highest BCUT2D eigenvalue weighted by molar-refractivity contribution is 5.79. The van der Waals surface area contributed by atoms with Crippen LogP contribution in [0.5, 0.6) is 0 Å². The Morgan fingerprint density at radius 1 is 1.12 bits per heavy atom. The van der Waals surface area contributed by atoms with Gasteiger partial charge in [0.2, 0.25) is 5.91 Å². The molecule has 0 saturated carbocycles. The number of carbonyl (C=O) groups is 1. The molecule has 0 saturated heterocycles. The molecule has 0 aliphatic carbocycles. The second-order valence-corrected chi connectivity index (χ2v) is 6.13. The van der Waals surface area contributed by atoms with Gasteiger partial charge in [-0.15, -0.1) is 0 Å². The van der Waals surface area contributed by atoms with Gasteiger partial charge in [-0.3, -0.25) is 4.79 Å². The molecule has 0 N–H and O–H groups in total. The predicted octanol–water partition coefficient (Wildman–Crippen LogP) is 3.56. The molecule has 0 rings (SSSR count). The lowest BCUT2D eigenvalue weighted by atomic mass is 9.79. The number of nitrogens with zero attached hydrogens (tertiary/aromatic N) is 1. The van der Waals surface area contributed by atoms with Crippen molar-refractivity contribution < 1.29 is 4.79 Å². The first-order valence-electron chi connectivity index (χ1n) is 6.51. The van der Waals surface area contributed by atoms with Crippen molar-refractivity contribution in [3.05, 3.63) is 0 Å². The van der Waals surface area contributed by atoms with Crippen molar-refractivity contribution in [2.75, 3.05) is 13.1 Å². The van der Waals surface area contributed by atoms with Crippen molar-refractivity contribution in [2.24, 2.45) is 17.3 Å². The smallest absolute Gasteiger partial charge is 0.225 e. The maximum absolute atomic E-state index is 12.4. The van der Waals surface area contributed by atoms with Gasteiger partial charge >= 0.3 is 0 Å². The summed E-state index contributed by atoms with van der Waals surface area (Å²) in [6.45, 7) is 16.7. The van der Waals surface area contributed by atoms with Crippen LogP contribution >= 0.6 is 0 Å². The van der Waals surface area contributed by atoms with Gasteiger partial charge in [0.25, 0.3) is 0 Å². The van der Waals surface area contributed by atoms with Crippen molar-refractivity contribution in [3.63, 3.8) is 0 Å². The van der Waals surface area contributed by atoms with Gasteiger partial charge in [-0.1, -0.05) is 34.6 Å². The molecular formula is C14H29NO. The van der Waals surface area contributed by atoms with Gasteiger partial charge in [0, 0.05) is 19.0 Å². The molecule has 0 aromatic heterocycles. The highest BCUT2D eigenvalue weighted by atomic mass is 16.2. The molecule has 0 aliphatic rings. The molecule has 1 amide bonds. The second-order valence-electron chi connectivity index (χ2n) is 6.13. The van der Waals surface area contributed by atoms with E-state index in [-0.39, 0.29) is 11.3 Å². The average molecular weight is 227 g/mol. The first kappa shape index (κ1) is 15.5. The fraction of sp³-hybridized carbons (Fsp3) is 0.929. The molecule has 0 bridgehead atoms. The zero-order valence-corrected chi connectivity index (χ0v) is 12.1. The van der Waals surface area contributed by atoms with E-state index in [2.05, 4.69) is 48.5 Å². The lowest BCUT2D eigenvalue weighted by Gasteiger charge is -2.32. The molecular weight excluding hydrogens is 198 g/mol. The number of hydrogen-bond donors (Lipinski definition) is 0. The molecule has 96 valence electrons. The Morgan fingerprint density at radius 2 is 1.56 bits per heavy atom. The number of rotatable bonds is 5. The van der Waals surface area contributed by atoms with Crippen LogP contribution in [0.4, 0.5) is 0 Å². The highest BCUT2D eigenvalue weighted by Gasteiger charge is 2.29. The Balaban J connectivity index is 4.72. The van der Waals surface area contributed by atoms with Crippen LogP contribution in [-0.2, 0) is 4.79 Å². The minimum atomic E-state index is 0.167. The van der Waals surface area contributed by atoms with Crippen LogP contribution < -0.4 is 0 Å². The van der Waals surface area contributed by atoms with E-state index >= 15 is 0 Å². The van der Waals surface area contributed by atoms with Crippen molar-refractivity contribution in [2.45, 2.75) is 54.9 Å². The van der Waals surface area contributed by atoms with Crippen molar-refractivity contribution in [1.29, 1.82) is 0 Å². The maximum Gasteiger partial charge on any atom is 0.225 e. The van der Waals surface area contributed by atoms with E-state index < -0.39 is 0 Å². The summed E-state index contributed by atoms with van der Waals surface area (Å²) in [6.07, 6.45) is 0.972. The van der Waals surface area contributed by atoms with Crippen LogP contribution in [0.15, 0.2) is 0 Å². The second kappa shape index (κ2) is 6.27. The van der Waals surface area contributed by atoms with Crippen molar-refractivity contribution >= 4 is 5.91 Å². The summed E-state index contributed by atoms with van der Waals surface area (Å²) in [5.74, 6) is 0.919. The van der Waals surface area contributed by atoms with Gasteiger partial charge in [0.05, 0.1) is 0 Å². The number of carbonyl (C=O) groups excluding carboxylic acids is 1. The summed E-state index contributed by atoms with van der Waals surface area (Å²) in [5, 5.41) is 0. The molecule has 0 spiro atoms. The first-order valence-corrected chi connectivity index (χ1v) is 6.51. The summed E-state index contributed by atoms with van der Waals surface area (Å²) < 4.78 is 0. The van der Waals surface area contributed by atoms with E-state index in [4.69, 9.17) is 0 Å². The van der Waals surface area contributed by atoms with E-state index in [1.54, 1.807) is 0 Å². The molecule has 0 heterocycles. The summed E-state index contributed by atoms with van der Waals surface area (Å²) >= 11 is 0. The summed E-state index contributed by atoms with van der Waals surface area (Å²) in [5.41, 5.74) is 0.220. The molecule has 16 heavy (non-hydrogen) atoms. The van der Waals surface area contributed by atoms with Gasteiger partial charge in [-0.25, -0.2) is 0 Å². The van der Waals surface area contributed by atoms with E-state index in [0.29, 0.717) is 11.8 Å². The van der Waals surface area contributed by atoms with Gasteiger partial charge < -0.3 is 4.90 Å². The summed E-state index contributed by atoms with van der Waals surface area (Å²) in [4.78, 5) is 14.3. The van der Waals surface area contributed by atoms with Crippen LogP contribution in [0.25, 0.3) is 0 Å². The fourth-order valence-electron chi connectivity index (χ4n) is 2.04. The first-order chi connectivity index (χ1) is 7.22. The average Bonchev–Trinajstić information content (AvgIpc) is 2.14. The topological polar surface area (TPSA) is 20.3 Å². The third kappa shape index (κ3) is 5.00. The monoisotopic (exact) mass is 227 g/mol. The van der Waals surface area contributed by atoms with E-state index in [1.165, 1.54) is 0 Å². The Bertz CT molecular complexity index is 211. The van der Waals surface area contributed by atoms with Crippen LogP contribution in [-0.4, -0.2) is 23.9 Å². The van der Waals surface area contributed by atoms with E-state index in [0.717, 1.165) is 19.5 Å². The SMILES string of the molecule is CCN(CC)C(=O)C(CC(C)(C)C)C(C)C. The van der Waals surface area contributed by atoms with E-state index in [1.807, 2.05) is 4.90 Å². The number of amides is 1. The van der Waals surface area contributed by atoms with Crippen molar-refractivity contribution in [1.82, 2.24) is 4.90 Å². The summed E-state index contributed by atoms with van der Waals surface area (Å²) in [6, 6.07) is 0. The lowest BCUT2D eigenvalue weighted by molar-refractivity contribution is -0.137. The maximum atomic E-state index is 12.4. The van der Waals surface area contributed by atoms with Gasteiger partial charge in [-0.05, 0) is 31.6 Å². The molecule has 1 unspecified atom stereocenters. The summed E-state index contributed by atoms with van der Waals surface area (Å²) in [7, 11) is 0. The molecule has 2 heteroatoms. The molecule has 1 atom stereocenters. The Kier molecular flexibility index (Phi) is 6.06. The normalized spacial score (nSPS) is 14.0. The van der Waals surface area contributed by atoms with E-state index in [9.17, 15) is 4.79 Å². The van der Waals surface area contributed by atoms with Gasteiger partial charge in [-0.2, -0.15) is 0 Å². The number of hydrogen-bond acceptors (Lipinski definition) is 1. The van der Waals surface area contributed by atoms with Crippen LogP contribution in [0, 0.1) is 17.3 Å². The molecule has 2 nitrogen and oxygen atoms in total.